The number of benzene rings is 2. The van der Waals surface area contributed by atoms with Crippen LogP contribution >= 0.6 is 22.9 Å². The molecule has 2 aromatic carbocycles. The van der Waals surface area contributed by atoms with E-state index in [2.05, 4.69) is 15.5 Å². The number of hydrogen-bond acceptors (Lipinski definition) is 6. The molecule has 138 valence electrons. The van der Waals surface area contributed by atoms with E-state index in [9.17, 15) is 4.79 Å². The van der Waals surface area contributed by atoms with Crippen LogP contribution < -0.4 is 15.9 Å². The number of aromatic nitrogens is 1. The summed E-state index contributed by atoms with van der Waals surface area (Å²) in [4.78, 5) is 16.5. The number of hydrogen-bond donors (Lipinski definition) is 2. The van der Waals surface area contributed by atoms with Crippen LogP contribution in [0.5, 0.6) is 5.75 Å². The van der Waals surface area contributed by atoms with E-state index in [-0.39, 0.29) is 5.91 Å². The van der Waals surface area contributed by atoms with Gasteiger partial charge in [0.2, 0.25) is 0 Å². The van der Waals surface area contributed by atoms with E-state index in [0.29, 0.717) is 33.1 Å². The van der Waals surface area contributed by atoms with Gasteiger partial charge in [-0.25, -0.2) is 10.4 Å². The first kappa shape index (κ1) is 18.9. The number of nitrogens with two attached hydrogens (primary N) is 1. The van der Waals surface area contributed by atoms with Crippen LogP contribution in [0.25, 0.3) is 0 Å². The monoisotopic (exact) mass is 400 g/mol. The molecule has 0 bridgehead atoms. The minimum Gasteiger partial charge on any atom is -0.489 e. The van der Waals surface area contributed by atoms with Gasteiger partial charge in [0.25, 0.3) is 5.91 Å². The molecular weight excluding hydrogens is 384 g/mol. The number of carbonyl (C=O) groups is 1. The van der Waals surface area contributed by atoms with Crippen LogP contribution in [-0.4, -0.2) is 17.1 Å². The highest BCUT2D eigenvalue weighted by atomic mass is 35.5. The predicted molar refractivity (Wildman–Crippen MR) is 109 cm³/mol. The summed E-state index contributed by atoms with van der Waals surface area (Å²) in [5.74, 6) is 0.350. The lowest BCUT2D eigenvalue weighted by molar-refractivity contribution is 0.0958. The van der Waals surface area contributed by atoms with Crippen LogP contribution in [0.4, 0.5) is 5.13 Å². The van der Waals surface area contributed by atoms with E-state index in [1.54, 1.807) is 13.1 Å². The quantitative estimate of drug-likeness (QED) is 0.483. The highest BCUT2D eigenvalue weighted by Gasteiger charge is 2.13. The summed E-state index contributed by atoms with van der Waals surface area (Å²) in [5, 5.41) is 5.00. The summed E-state index contributed by atoms with van der Waals surface area (Å²) in [6, 6.07) is 14.9. The van der Waals surface area contributed by atoms with Gasteiger partial charge in [0.1, 0.15) is 17.2 Å². The van der Waals surface area contributed by atoms with E-state index < -0.39 is 0 Å². The van der Waals surface area contributed by atoms with Crippen LogP contribution in [0.2, 0.25) is 5.02 Å². The second kappa shape index (κ2) is 8.66. The minimum absolute atomic E-state index is 0.341. The summed E-state index contributed by atoms with van der Waals surface area (Å²) in [6.45, 7) is 2.14. The summed E-state index contributed by atoms with van der Waals surface area (Å²) in [7, 11) is 0. The first-order chi connectivity index (χ1) is 13.0. The molecular formula is C19H17ClN4O2S. The number of nitrogen functional groups attached to an aromatic ring is 1. The van der Waals surface area contributed by atoms with Crippen molar-refractivity contribution in [1.82, 2.24) is 10.4 Å². The summed E-state index contributed by atoms with van der Waals surface area (Å²) >= 11 is 7.10. The molecule has 0 aliphatic rings. The first-order valence-corrected chi connectivity index (χ1v) is 9.24. The predicted octanol–water partition coefficient (Wildman–Crippen LogP) is 4.03. The Morgan fingerprint density at radius 2 is 2.15 bits per heavy atom. The Kier molecular flexibility index (Phi) is 6.05. The van der Waals surface area contributed by atoms with Crippen LogP contribution in [-0.2, 0) is 6.61 Å². The lowest BCUT2D eigenvalue weighted by Gasteiger charge is -2.07. The molecule has 0 spiro atoms. The Hall–Kier alpha value is -2.90. The van der Waals surface area contributed by atoms with Crippen molar-refractivity contribution < 1.29 is 9.53 Å². The van der Waals surface area contributed by atoms with Crippen LogP contribution in [0.15, 0.2) is 53.6 Å². The molecule has 0 saturated heterocycles. The smallest absolute Gasteiger partial charge is 0.283 e. The highest BCUT2D eigenvalue weighted by molar-refractivity contribution is 7.17. The number of carbonyl (C=O) groups excluding carboxylic acids is 1. The molecule has 8 heteroatoms. The van der Waals surface area contributed by atoms with Crippen molar-refractivity contribution in [3.63, 3.8) is 0 Å². The number of aryl methyl sites for hydroxylation is 1. The van der Waals surface area contributed by atoms with E-state index in [0.717, 1.165) is 22.5 Å². The van der Waals surface area contributed by atoms with Crippen molar-refractivity contribution in [2.45, 2.75) is 13.5 Å². The number of rotatable bonds is 6. The topological polar surface area (TPSA) is 89.6 Å². The van der Waals surface area contributed by atoms with Gasteiger partial charge in [0.15, 0.2) is 5.13 Å². The molecule has 27 heavy (non-hydrogen) atoms. The maximum atomic E-state index is 12.1. The van der Waals surface area contributed by atoms with Gasteiger partial charge in [-0.15, -0.1) is 0 Å². The molecule has 0 aliphatic carbocycles. The SMILES string of the molecule is Cc1nc(N)sc1C(=O)N/N=C\c1cccc(OCc2cccc(Cl)c2)c1. The Morgan fingerprint density at radius 3 is 2.89 bits per heavy atom. The third-order valence-corrected chi connectivity index (χ3v) is 4.77. The van der Waals surface area contributed by atoms with E-state index >= 15 is 0 Å². The van der Waals surface area contributed by atoms with Crippen molar-refractivity contribution >= 4 is 40.2 Å². The number of thiazole rings is 1. The van der Waals surface area contributed by atoms with Crippen LogP contribution in [0, 0.1) is 6.92 Å². The summed E-state index contributed by atoms with van der Waals surface area (Å²) in [5.41, 5.74) is 10.4. The van der Waals surface area contributed by atoms with Gasteiger partial charge in [-0.3, -0.25) is 4.79 Å². The average Bonchev–Trinajstić information content (AvgIpc) is 2.99. The molecule has 0 atom stereocenters. The van der Waals surface area contributed by atoms with Gasteiger partial charge >= 0.3 is 0 Å². The minimum atomic E-state index is -0.341. The average molecular weight is 401 g/mol. The Labute approximate surface area is 165 Å². The number of nitrogens with zero attached hydrogens (tertiary/aromatic N) is 2. The van der Waals surface area contributed by atoms with Crippen molar-refractivity contribution in [2.24, 2.45) is 5.10 Å². The molecule has 0 aliphatic heterocycles. The number of halogens is 1. The zero-order valence-electron chi connectivity index (χ0n) is 14.5. The van der Waals surface area contributed by atoms with Gasteiger partial charge in [-0.2, -0.15) is 5.10 Å². The van der Waals surface area contributed by atoms with Gasteiger partial charge in [-0.1, -0.05) is 47.2 Å². The van der Waals surface area contributed by atoms with E-state index in [4.69, 9.17) is 22.1 Å². The third kappa shape index (κ3) is 5.29. The standard InChI is InChI=1S/C19H17ClN4O2S/c1-12-17(27-19(21)23-12)18(25)24-22-10-13-4-3-7-16(9-13)26-11-14-5-2-6-15(20)8-14/h2-10H,11H2,1H3,(H2,21,23)(H,24,25)/b22-10-. The zero-order chi connectivity index (χ0) is 19.2. The molecule has 0 fully saturated rings. The highest BCUT2D eigenvalue weighted by Crippen LogP contribution is 2.19. The fourth-order valence-electron chi connectivity index (χ4n) is 2.32. The summed E-state index contributed by atoms with van der Waals surface area (Å²) in [6.07, 6.45) is 1.55. The van der Waals surface area contributed by atoms with Gasteiger partial charge < -0.3 is 10.5 Å². The number of hydrazone groups is 1. The maximum Gasteiger partial charge on any atom is 0.283 e. The van der Waals surface area contributed by atoms with Crippen molar-refractivity contribution in [2.75, 3.05) is 5.73 Å². The molecule has 0 unspecified atom stereocenters. The number of ether oxygens (including phenoxy) is 1. The molecule has 3 rings (SSSR count). The molecule has 1 amide bonds. The van der Waals surface area contributed by atoms with Gasteiger partial charge in [0.05, 0.1) is 11.9 Å². The molecule has 1 heterocycles. The number of anilines is 1. The molecule has 3 N–H and O–H groups in total. The van der Waals surface area contributed by atoms with E-state index in [1.165, 1.54) is 0 Å². The Morgan fingerprint density at radius 1 is 1.33 bits per heavy atom. The largest absolute Gasteiger partial charge is 0.489 e. The zero-order valence-corrected chi connectivity index (χ0v) is 16.1. The lowest BCUT2D eigenvalue weighted by Crippen LogP contribution is -2.17. The van der Waals surface area contributed by atoms with E-state index in [1.807, 2.05) is 48.5 Å². The lowest BCUT2D eigenvalue weighted by atomic mass is 10.2. The molecule has 3 aromatic rings. The van der Waals surface area contributed by atoms with Crippen LogP contribution in [0.3, 0.4) is 0 Å². The molecule has 0 radical (unpaired) electrons. The van der Waals surface area contributed by atoms with Crippen molar-refractivity contribution in [3.05, 3.63) is 75.3 Å². The Bertz CT molecular complexity index is 987. The third-order valence-electron chi connectivity index (χ3n) is 3.55. The van der Waals surface area contributed by atoms with Crippen molar-refractivity contribution in [1.29, 1.82) is 0 Å². The molecule has 6 nitrogen and oxygen atoms in total. The van der Waals surface area contributed by atoms with Crippen molar-refractivity contribution in [3.8, 4) is 5.75 Å². The van der Waals surface area contributed by atoms with Crippen LogP contribution in [0.1, 0.15) is 26.5 Å². The maximum absolute atomic E-state index is 12.1. The fraction of sp³-hybridized carbons (Fsp3) is 0.105. The first-order valence-electron chi connectivity index (χ1n) is 8.05. The number of amides is 1. The fourth-order valence-corrected chi connectivity index (χ4v) is 3.26. The number of nitrogens with one attached hydrogen (secondary N) is 1. The normalized spacial score (nSPS) is 10.9. The second-order valence-corrected chi connectivity index (χ2v) is 7.12. The molecule has 0 saturated carbocycles. The molecule has 1 aromatic heterocycles. The van der Waals surface area contributed by atoms with Gasteiger partial charge in [0, 0.05) is 5.02 Å². The summed E-state index contributed by atoms with van der Waals surface area (Å²) < 4.78 is 5.77. The second-order valence-electron chi connectivity index (χ2n) is 5.66. The Balaban J connectivity index is 1.59. The van der Waals surface area contributed by atoms with Gasteiger partial charge in [-0.05, 0) is 42.3 Å².